The summed E-state index contributed by atoms with van der Waals surface area (Å²) in [5.41, 5.74) is 4.88. The second-order valence-electron chi connectivity index (χ2n) is 15.5. The lowest BCUT2D eigenvalue weighted by molar-refractivity contribution is -0.139. The van der Waals surface area contributed by atoms with Gasteiger partial charge in [0.1, 0.15) is 34.4 Å². The van der Waals surface area contributed by atoms with Crippen LogP contribution in [0.25, 0.3) is 34.2 Å². The van der Waals surface area contributed by atoms with Crippen LogP contribution in [0, 0.1) is 13.8 Å². The van der Waals surface area contributed by atoms with Gasteiger partial charge in [-0.25, -0.2) is 29.9 Å². The van der Waals surface area contributed by atoms with Gasteiger partial charge in [0.15, 0.2) is 0 Å². The molecule has 0 bridgehead atoms. The highest BCUT2D eigenvalue weighted by Crippen LogP contribution is 2.44. The van der Waals surface area contributed by atoms with Gasteiger partial charge >= 0.3 is 12.4 Å². The fourth-order valence-electron chi connectivity index (χ4n) is 8.47. The molecule has 6 aromatic heterocycles. The Morgan fingerprint density at radius 1 is 0.516 bits per heavy atom. The van der Waals surface area contributed by atoms with Crippen molar-refractivity contribution in [3.63, 3.8) is 0 Å². The molecule has 0 amide bonds. The zero-order valence-electron chi connectivity index (χ0n) is 34.9. The van der Waals surface area contributed by atoms with E-state index in [1.54, 1.807) is 36.9 Å². The summed E-state index contributed by atoms with van der Waals surface area (Å²) in [4.78, 5) is 27.0. The van der Waals surface area contributed by atoms with E-state index < -0.39 is 35.3 Å². The molecular formula is C46H40F6N10O2. The smallest absolute Gasteiger partial charge is 0.416 e. The number of ether oxygens (including phenoxy) is 2. The van der Waals surface area contributed by atoms with Gasteiger partial charge in [0.05, 0.1) is 60.8 Å². The quantitative estimate of drug-likeness (QED) is 0.139. The van der Waals surface area contributed by atoms with Crippen molar-refractivity contribution in [1.82, 2.24) is 48.2 Å². The summed E-state index contributed by atoms with van der Waals surface area (Å²) in [6.45, 7) is 4.99. The normalized spacial score (nSPS) is 15.7. The van der Waals surface area contributed by atoms with Gasteiger partial charge in [0.2, 0.25) is 11.8 Å². The lowest BCUT2D eigenvalue weighted by Gasteiger charge is -2.16. The Balaban J connectivity index is 0.000000162. The summed E-state index contributed by atoms with van der Waals surface area (Å²) in [6, 6.07) is 18.8. The van der Waals surface area contributed by atoms with Crippen molar-refractivity contribution in [2.75, 3.05) is 14.2 Å². The number of halogens is 6. The first-order chi connectivity index (χ1) is 30.7. The van der Waals surface area contributed by atoms with Crippen molar-refractivity contribution in [2.24, 2.45) is 0 Å². The Kier molecular flexibility index (Phi) is 10.8. The number of rotatable bonds is 8. The third-order valence-corrected chi connectivity index (χ3v) is 11.4. The molecule has 328 valence electrons. The van der Waals surface area contributed by atoms with Crippen molar-refractivity contribution in [3.05, 3.63) is 156 Å². The molecule has 0 fully saturated rings. The fraction of sp³-hybridized carbons (Fsp3) is 0.261. The standard InChI is InChI=1S/2C23H20F3N5O/c2*1-14-11-31(13-27-14)20-8-7-18(29-22(20)32-2)19-12-30-10-9-16(21(30)28-19)15-5-3-4-6-17(15)23(24,25)26/h2*3-8,11-13,16H,9-10H2,1-2H3/t2*16-/m10/s1. The number of alkyl halides is 6. The van der Waals surface area contributed by atoms with E-state index in [1.807, 2.05) is 81.2 Å². The summed E-state index contributed by atoms with van der Waals surface area (Å²) in [6.07, 6.45) is 3.12. The summed E-state index contributed by atoms with van der Waals surface area (Å²) in [5, 5.41) is 0. The number of aryl methyl sites for hydroxylation is 4. The molecule has 0 radical (unpaired) electrons. The van der Waals surface area contributed by atoms with E-state index in [1.165, 1.54) is 26.4 Å². The average Bonchev–Trinajstić information content (AvgIpc) is 4.15. The van der Waals surface area contributed by atoms with Crippen LogP contribution in [0.1, 0.15) is 70.0 Å². The molecule has 2 aromatic carbocycles. The van der Waals surface area contributed by atoms with Crippen LogP contribution in [-0.2, 0) is 25.4 Å². The molecule has 2 aliphatic rings. The Hall–Kier alpha value is -7.24. The number of benzene rings is 2. The van der Waals surface area contributed by atoms with E-state index in [2.05, 4.69) is 29.9 Å². The maximum Gasteiger partial charge on any atom is 0.416 e. The number of fused-ring (bicyclic) bond motifs is 2. The first-order valence-corrected chi connectivity index (χ1v) is 20.3. The lowest BCUT2D eigenvalue weighted by Crippen LogP contribution is -2.12. The summed E-state index contributed by atoms with van der Waals surface area (Å²) >= 11 is 0. The first-order valence-electron chi connectivity index (χ1n) is 20.3. The van der Waals surface area contributed by atoms with E-state index in [4.69, 9.17) is 9.47 Å². The molecule has 10 rings (SSSR count). The Labute approximate surface area is 362 Å². The monoisotopic (exact) mass is 878 g/mol. The minimum Gasteiger partial charge on any atom is -0.479 e. The van der Waals surface area contributed by atoms with Gasteiger partial charge in [-0.3, -0.25) is 0 Å². The maximum atomic E-state index is 13.6. The molecule has 0 spiro atoms. The second-order valence-corrected chi connectivity index (χ2v) is 15.5. The van der Waals surface area contributed by atoms with Crippen LogP contribution in [0.3, 0.4) is 0 Å². The Bertz CT molecular complexity index is 2780. The highest BCUT2D eigenvalue weighted by Gasteiger charge is 2.39. The number of pyridine rings is 2. The van der Waals surface area contributed by atoms with Gasteiger partial charge in [-0.2, -0.15) is 26.3 Å². The minimum absolute atomic E-state index is 0.257. The SMILES string of the molecule is COc1nc(-c2cn3c(n2)[C@@H](c2ccccc2C(F)(F)F)CC3)ccc1-n1cnc(C)c1.COc1nc(-c2cn3c(n2)[C@H](c2ccccc2C(F)(F)F)CC3)ccc1-n1cnc(C)c1. The van der Waals surface area contributed by atoms with Crippen molar-refractivity contribution < 1.29 is 35.8 Å². The van der Waals surface area contributed by atoms with Crippen LogP contribution in [0.2, 0.25) is 0 Å². The molecule has 64 heavy (non-hydrogen) atoms. The van der Waals surface area contributed by atoms with Gasteiger partial charge in [-0.15, -0.1) is 0 Å². The van der Waals surface area contributed by atoms with Gasteiger partial charge in [-0.05, 0) is 74.2 Å². The Morgan fingerprint density at radius 3 is 1.28 bits per heavy atom. The maximum absolute atomic E-state index is 13.6. The molecule has 8 aromatic rings. The molecule has 0 N–H and O–H groups in total. The molecule has 8 heterocycles. The van der Waals surface area contributed by atoms with Crippen LogP contribution < -0.4 is 9.47 Å². The summed E-state index contributed by atoms with van der Waals surface area (Å²) in [5.74, 6) is 1.21. The highest BCUT2D eigenvalue weighted by atomic mass is 19.4. The molecule has 12 nitrogen and oxygen atoms in total. The lowest BCUT2D eigenvalue weighted by atomic mass is 9.92. The van der Waals surface area contributed by atoms with E-state index >= 15 is 0 Å². The molecule has 0 aliphatic carbocycles. The summed E-state index contributed by atoms with van der Waals surface area (Å²) < 4.78 is 99.7. The van der Waals surface area contributed by atoms with E-state index in [0.29, 0.717) is 72.1 Å². The highest BCUT2D eigenvalue weighted by molar-refractivity contribution is 5.60. The van der Waals surface area contributed by atoms with Crippen LogP contribution in [-0.4, -0.2) is 62.4 Å². The van der Waals surface area contributed by atoms with Gasteiger partial charge in [-0.1, -0.05) is 36.4 Å². The molecule has 2 atom stereocenters. The van der Waals surface area contributed by atoms with Crippen LogP contribution in [0.15, 0.2) is 110 Å². The zero-order chi connectivity index (χ0) is 44.9. The molecule has 2 aliphatic heterocycles. The van der Waals surface area contributed by atoms with Crippen molar-refractivity contribution in [2.45, 2.75) is 64.0 Å². The number of hydrogen-bond donors (Lipinski definition) is 0. The van der Waals surface area contributed by atoms with Crippen molar-refractivity contribution in [1.29, 1.82) is 0 Å². The first kappa shape index (κ1) is 42.1. The molecule has 18 heteroatoms. The van der Waals surface area contributed by atoms with Crippen LogP contribution in [0.5, 0.6) is 11.8 Å². The second kappa shape index (κ2) is 16.5. The van der Waals surface area contributed by atoms with E-state index in [9.17, 15) is 26.3 Å². The van der Waals surface area contributed by atoms with Crippen molar-refractivity contribution >= 4 is 0 Å². The predicted molar refractivity (Wildman–Crippen MR) is 224 cm³/mol. The van der Waals surface area contributed by atoms with Gasteiger partial charge < -0.3 is 27.7 Å². The van der Waals surface area contributed by atoms with E-state index in [-0.39, 0.29) is 11.1 Å². The Morgan fingerprint density at radius 2 is 0.922 bits per heavy atom. The number of aromatic nitrogens is 10. The van der Waals surface area contributed by atoms with E-state index in [0.717, 1.165) is 34.9 Å². The van der Waals surface area contributed by atoms with Gasteiger partial charge in [0, 0.05) is 49.7 Å². The van der Waals surface area contributed by atoms with Crippen LogP contribution in [0.4, 0.5) is 26.3 Å². The third kappa shape index (κ3) is 7.99. The minimum atomic E-state index is -4.41. The average molecular weight is 879 g/mol. The van der Waals surface area contributed by atoms with Gasteiger partial charge in [0.25, 0.3) is 0 Å². The summed E-state index contributed by atoms with van der Waals surface area (Å²) in [7, 11) is 3.08. The zero-order valence-corrected chi connectivity index (χ0v) is 34.9. The number of imidazole rings is 4. The van der Waals surface area contributed by atoms with Crippen molar-refractivity contribution in [3.8, 4) is 45.9 Å². The fourth-order valence-corrected chi connectivity index (χ4v) is 8.47. The molecule has 0 unspecified atom stereocenters. The molecular weight excluding hydrogens is 839 g/mol. The van der Waals surface area contributed by atoms with Crippen LogP contribution >= 0.6 is 0 Å². The third-order valence-electron chi connectivity index (χ3n) is 11.4. The topological polar surface area (TPSA) is 116 Å². The molecule has 0 saturated heterocycles. The number of nitrogens with zero attached hydrogens (tertiary/aromatic N) is 10. The number of hydrogen-bond acceptors (Lipinski definition) is 8. The predicted octanol–water partition coefficient (Wildman–Crippen LogP) is 10.0. The number of methoxy groups -OCH3 is 2. The molecule has 0 saturated carbocycles. The largest absolute Gasteiger partial charge is 0.479 e.